The van der Waals surface area contributed by atoms with Crippen molar-refractivity contribution < 1.29 is 4.79 Å². The highest BCUT2D eigenvalue weighted by Crippen LogP contribution is 2.23. The van der Waals surface area contributed by atoms with Gasteiger partial charge in [0, 0.05) is 31.1 Å². The lowest BCUT2D eigenvalue weighted by atomic mass is 10.0. The summed E-state index contributed by atoms with van der Waals surface area (Å²) in [5, 5.41) is 17.6. The van der Waals surface area contributed by atoms with Gasteiger partial charge in [0.05, 0.1) is 10.9 Å². The molecule has 3 rings (SSSR count). The monoisotopic (exact) mass is 292 g/mol. The molecular formula is C12H16N6OS. The lowest BCUT2D eigenvalue weighted by Crippen LogP contribution is -2.32. The number of carbonyl (C=O) groups is 1. The van der Waals surface area contributed by atoms with Gasteiger partial charge in [-0.25, -0.2) is 9.67 Å². The molecule has 2 aromatic rings. The molecule has 7 nitrogen and oxygen atoms in total. The average Bonchev–Trinajstić information content (AvgIpc) is 3.08. The summed E-state index contributed by atoms with van der Waals surface area (Å²) in [5.74, 6) is 0.470. The van der Waals surface area contributed by atoms with Crippen LogP contribution in [-0.4, -0.2) is 37.6 Å². The number of hydrogen-bond acceptors (Lipinski definition) is 6. The van der Waals surface area contributed by atoms with E-state index in [9.17, 15) is 4.79 Å². The highest BCUT2D eigenvalue weighted by atomic mass is 32.1. The summed E-state index contributed by atoms with van der Waals surface area (Å²) in [7, 11) is 0. The minimum absolute atomic E-state index is 0.0134. The van der Waals surface area contributed by atoms with Gasteiger partial charge in [0.15, 0.2) is 5.82 Å². The highest BCUT2D eigenvalue weighted by Gasteiger charge is 2.28. The van der Waals surface area contributed by atoms with Crippen LogP contribution in [0.25, 0.3) is 0 Å². The number of fused-ring (bicyclic) bond motifs is 1. The fourth-order valence-corrected chi connectivity index (χ4v) is 3.02. The zero-order chi connectivity index (χ0) is 13.8. The van der Waals surface area contributed by atoms with E-state index in [1.54, 1.807) is 22.2 Å². The largest absolute Gasteiger partial charge is 0.355 e. The Morgan fingerprint density at radius 1 is 1.50 bits per heavy atom. The maximum atomic E-state index is 12.3. The predicted molar refractivity (Wildman–Crippen MR) is 73.2 cm³/mol. The Morgan fingerprint density at radius 2 is 2.45 bits per heavy atom. The molecule has 1 atom stereocenters. The van der Waals surface area contributed by atoms with Gasteiger partial charge < -0.3 is 5.32 Å². The maximum Gasteiger partial charge on any atom is 0.230 e. The van der Waals surface area contributed by atoms with Crippen molar-refractivity contribution in [3.05, 3.63) is 22.4 Å². The number of amides is 1. The van der Waals surface area contributed by atoms with Gasteiger partial charge in [-0.05, 0) is 23.3 Å². The third kappa shape index (κ3) is 2.84. The van der Waals surface area contributed by atoms with Crippen molar-refractivity contribution >= 4 is 17.2 Å². The topological polar surface area (TPSA) is 85.6 Å². The third-order valence-electron chi connectivity index (χ3n) is 3.42. The number of nitrogens with one attached hydrogen (secondary N) is 1. The number of nitrogens with zero attached hydrogens (tertiary/aromatic N) is 5. The molecule has 0 aliphatic carbocycles. The van der Waals surface area contributed by atoms with Crippen molar-refractivity contribution in [1.29, 1.82) is 0 Å². The van der Waals surface area contributed by atoms with Crippen molar-refractivity contribution in [2.24, 2.45) is 0 Å². The normalized spacial score (nSPS) is 18.3. The lowest BCUT2D eigenvalue weighted by molar-refractivity contribution is -0.122. The average molecular weight is 292 g/mol. The Hall–Kier alpha value is -1.83. The summed E-state index contributed by atoms with van der Waals surface area (Å²) in [5.41, 5.74) is 0. The first kappa shape index (κ1) is 13.2. The van der Waals surface area contributed by atoms with E-state index in [2.05, 4.69) is 25.8 Å². The predicted octanol–water partition coefficient (Wildman–Crippen LogP) is 0.756. The van der Waals surface area contributed by atoms with Crippen molar-refractivity contribution in [2.45, 2.75) is 38.1 Å². The summed E-state index contributed by atoms with van der Waals surface area (Å²) < 4.78 is 1.75. The van der Waals surface area contributed by atoms with Gasteiger partial charge in [0.1, 0.15) is 0 Å². The number of carbonyl (C=O) groups excluding carboxylic acids is 1. The Bertz CT molecular complexity index is 566. The van der Waals surface area contributed by atoms with E-state index in [1.807, 2.05) is 5.38 Å². The molecule has 0 spiro atoms. The molecule has 1 N–H and O–H groups in total. The van der Waals surface area contributed by atoms with Crippen LogP contribution in [0.5, 0.6) is 0 Å². The Kier molecular flexibility index (Phi) is 4.00. The second kappa shape index (κ2) is 6.08. The highest BCUT2D eigenvalue weighted by molar-refractivity contribution is 7.09. The molecule has 8 heteroatoms. The van der Waals surface area contributed by atoms with Gasteiger partial charge in [0.2, 0.25) is 5.91 Å². The third-order valence-corrected chi connectivity index (χ3v) is 4.26. The van der Waals surface area contributed by atoms with Crippen LogP contribution < -0.4 is 5.32 Å². The summed E-state index contributed by atoms with van der Waals surface area (Å²) in [6, 6.07) is 0. The molecule has 0 saturated heterocycles. The van der Waals surface area contributed by atoms with E-state index in [-0.39, 0.29) is 11.8 Å². The van der Waals surface area contributed by atoms with Gasteiger partial charge in [-0.1, -0.05) is 6.42 Å². The van der Waals surface area contributed by atoms with Gasteiger partial charge in [-0.15, -0.1) is 16.4 Å². The number of aryl methyl sites for hydroxylation is 1. The molecule has 1 unspecified atom stereocenters. The van der Waals surface area contributed by atoms with Crippen LogP contribution in [0.1, 0.15) is 36.0 Å². The van der Waals surface area contributed by atoms with E-state index in [0.717, 1.165) is 37.2 Å². The standard InChI is InChI=1S/C12H16N6OS/c19-12(14-5-4-10-13-6-8-20-10)9-3-1-2-7-18-11(9)15-16-17-18/h6,8-9H,1-5,7H2,(H,14,19). The Labute approximate surface area is 120 Å². The molecule has 20 heavy (non-hydrogen) atoms. The van der Waals surface area contributed by atoms with Crippen molar-refractivity contribution in [1.82, 2.24) is 30.5 Å². The molecule has 3 heterocycles. The zero-order valence-electron chi connectivity index (χ0n) is 11.0. The van der Waals surface area contributed by atoms with Crippen LogP contribution in [0.2, 0.25) is 0 Å². The van der Waals surface area contributed by atoms with Gasteiger partial charge in [-0.3, -0.25) is 4.79 Å². The molecule has 2 aromatic heterocycles. The van der Waals surface area contributed by atoms with Crippen molar-refractivity contribution in [2.75, 3.05) is 6.54 Å². The minimum atomic E-state index is -0.233. The van der Waals surface area contributed by atoms with Gasteiger partial charge in [0.25, 0.3) is 0 Å². The minimum Gasteiger partial charge on any atom is -0.355 e. The fourth-order valence-electron chi connectivity index (χ4n) is 2.40. The zero-order valence-corrected chi connectivity index (χ0v) is 11.8. The molecule has 0 aromatic carbocycles. The molecule has 1 amide bonds. The van der Waals surface area contributed by atoms with Crippen LogP contribution in [0, 0.1) is 0 Å². The Balaban J connectivity index is 1.59. The summed E-state index contributed by atoms with van der Waals surface area (Å²) in [4.78, 5) is 16.5. The molecule has 0 fully saturated rings. The molecule has 0 radical (unpaired) electrons. The molecule has 106 valence electrons. The van der Waals surface area contributed by atoms with Crippen molar-refractivity contribution in [3.63, 3.8) is 0 Å². The first-order valence-corrected chi connectivity index (χ1v) is 7.64. The number of thiazole rings is 1. The summed E-state index contributed by atoms with van der Waals surface area (Å²) in [6.07, 6.45) is 5.38. The van der Waals surface area contributed by atoms with Crippen LogP contribution in [0.3, 0.4) is 0 Å². The number of hydrogen-bond donors (Lipinski definition) is 1. The maximum absolute atomic E-state index is 12.3. The molecule has 1 aliphatic rings. The smallest absolute Gasteiger partial charge is 0.230 e. The number of aromatic nitrogens is 5. The Morgan fingerprint density at radius 3 is 3.30 bits per heavy atom. The summed E-state index contributed by atoms with van der Waals surface area (Å²) in [6.45, 7) is 1.40. The second-order valence-electron chi connectivity index (χ2n) is 4.78. The van der Waals surface area contributed by atoms with E-state index >= 15 is 0 Å². The van der Waals surface area contributed by atoms with Gasteiger partial charge in [-0.2, -0.15) is 0 Å². The summed E-state index contributed by atoms with van der Waals surface area (Å²) >= 11 is 1.60. The first-order valence-electron chi connectivity index (χ1n) is 6.77. The van der Waals surface area contributed by atoms with E-state index < -0.39 is 0 Å². The number of tetrazole rings is 1. The van der Waals surface area contributed by atoms with Crippen LogP contribution in [-0.2, 0) is 17.8 Å². The molecule has 0 saturated carbocycles. The quantitative estimate of drug-likeness (QED) is 0.899. The molecular weight excluding hydrogens is 276 g/mol. The second-order valence-corrected chi connectivity index (χ2v) is 5.75. The number of rotatable bonds is 4. The van der Waals surface area contributed by atoms with E-state index in [4.69, 9.17) is 0 Å². The van der Waals surface area contributed by atoms with Crippen molar-refractivity contribution in [3.8, 4) is 0 Å². The van der Waals surface area contributed by atoms with Crippen LogP contribution in [0.15, 0.2) is 11.6 Å². The fraction of sp³-hybridized carbons (Fsp3) is 0.583. The van der Waals surface area contributed by atoms with Crippen LogP contribution >= 0.6 is 11.3 Å². The molecule has 1 aliphatic heterocycles. The lowest BCUT2D eigenvalue weighted by Gasteiger charge is -2.12. The van der Waals surface area contributed by atoms with Gasteiger partial charge >= 0.3 is 0 Å². The first-order chi connectivity index (χ1) is 9.84. The SMILES string of the molecule is O=C(NCCc1nccs1)C1CCCCn2nnnc21. The van der Waals surface area contributed by atoms with E-state index in [0.29, 0.717) is 12.4 Å². The molecule has 0 bridgehead atoms. The van der Waals surface area contributed by atoms with Crippen LogP contribution in [0.4, 0.5) is 0 Å². The van der Waals surface area contributed by atoms with E-state index in [1.165, 1.54) is 0 Å².